The molecule has 0 saturated carbocycles. The molecule has 0 bridgehead atoms. The number of imide groups is 1. The fraction of sp³-hybridized carbons (Fsp3) is 0.611. The largest absolute Gasteiger partial charge is 0.461 e. The van der Waals surface area contributed by atoms with Gasteiger partial charge in [0.1, 0.15) is 19.2 Å². The van der Waals surface area contributed by atoms with Gasteiger partial charge in [0, 0.05) is 25.1 Å². The third kappa shape index (κ3) is 23.8. The lowest BCUT2D eigenvalue weighted by molar-refractivity contribution is -0.144. The Morgan fingerprint density at radius 2 is 1.54 bits per heavy atom. The second-order valence-corrected chi connectivity index (χ2v) is 12.4. The van der Waals surface area contributed by atoms with E-state index < -0.39 is 36.2 Å². The molecule has 0 heterocycles. The first-order chi connectivity index (χ1) is 23.6. The van der Waals surface area contributed by atoms with Gasteiger partial charge in [-0.2, -0.15) is 0 Å². The molecule has 0 fully saturated rings. The minimum atomic E-state index is -0.974. The Kier molecular flexibility index (Phi) is 27.1. The van der Waals surface area contributed by atoms with Crippen LogP contribution in [-0.4, -0.2) is 73.1 Å². The molecule has 14 nitrogen and oxygen atoms in total. The summed E-state index contributed by atoms with van der Waals surface area (Å²) in [5.41, 5.74) is 11.6. The van der Waals surface area contributed by atoms with Crippen molar-refractivity contribution in [2.75, 3.05) is 31.5 Å². The van der Waals surface area contributed by atoms with Crippen LogP contribution in [0.15, 0.2) is 36.7 Å². The molecule has 1 aromatic rings. The number of carbonyl (C=O) groups excluding carboxylic acids is 6. The Labute approximate surface area is 298 Å². The van der Waals surface area contributed by atoms with Crippen LogP contribution in [0.2, 0.25) is 0 Å². The molecule has 14 heteroatoms. The van der Waals surface area contributed by atoms with Crippen LogP contribution >= 0.6 is 0 Å². The number of hydrogen-bond donors (Lipinski definition) is 6. The molecule has 2 unspecified atom stereocenters. The van der Waals surface area contributed by atoms with Crippen LogP contribution < -0.4 is 32.7 Å². The normalized spacial score (nSPS) is 11.3. The van der Waals surface area contributed by atoms with Gasteiger partial charge >= 0.3 is 5.97 Å². The summed E-state index contributed by atoms with van der Waals surface area (Å²) >= 11 is 0. The van der Waals surface area contributed by atoms with E-state index in [-0.39, 0.29) is 49.7 Å². The van der Waals surface area contributed by atoms with E-state index in [1.807, 2.05) is 20.8 Å². The van der Waals surface area contributed by atoms with Gasteiger partial charge in [-0.1, -0.05) is 80.5 Å². The molecule has 1 aromatic carbocycles. The smallest absolute Gasteiger partial charge is 0.305 e. The molecule has 0 aliphatic carbocycles. The summed E-state index contributed by atoms with van der Waals surface area (Å²) in [5.74, 6) is -1.97. The van der Waals surface area contributed by atoms with Gasteiger partial charge in [-0.3, -0.25) is 33.7 Å². The topological polar surface area (TPSA) is 215 Å². The highest BCUT2D eigenvalue weighted by atomic mass is 16.5. The molecule has 0 aliphatic heterocycles. The molecule has 284 valence electrons. The average Bonchev–Trinajstić information content (AvgIpc) is 3.07. The standard InChI is InChI=1S/C27H40N4O7.C5H12N2.C4H11N/c1-7-25(36)38-15-20-8-10-21(11-9-20)29-22(33)13-28-27(37)26(18(4)5)30-23(34)14-31(16-32)24(35)12-19(6)17(2)3;1-3-4-7-5(2)6;1-2-3-4-5/h8-11,16-19,26H,7,12-15H2,1-6H3,(H,28,37)(H,29,33)(H,30,34);7H,2-4,6H2,1H3;2-5H2,1H3. The Morgan fingerprint density at radius 3 is 1.96 bits per heavy atom. The molecule has 0 aliphatic rings. The third-order valence-electron chi connectivity index (χ3n) is 7.17. The molecular weight excluding hydrogens is 642 g/mol. The third-order valence-corrected chi connectivity index (χ3v) is 7.17. The molecule has 0 aromatic heterocycles. The number of esters is 1. The first-order valence-electron chi connectivity index (χ1n) is 17.3. The minimum Gasteiger partial charge on any atom is -0.461 e. The Hall–Kier alpha value is -4.46. The molecule has 8 N–H and O–H groups in total. The SMILES string of the molecule is C=C(N)NCCC.CCC(=O)OCc1ccc(NC(=O)CNC(=O)C(NC(=O)CN(C=O)C(=O)CC(C)C(C)C)C(C)C)cc1.CCCCN. The lowest BCUT2D eigenvalue weighted by Gasteiger charge is -2.24. The van der Waals surface area contributed by atoms with Crippen molar-refractivity contribution in [2.24, 2.45) is 29.2 Å². The van der Waals surface area contributed by atoms with E-state index >= 15 is 0 Å². The van der Waals surface area contributed by atoms with Crippen LogP contribution in [0.3, 0.4) is 0 Å². The first kappa shape index (κ1) is 47.7. The van der Waals surface area contributed by atoms with Crippen LogP contribution in [0.5, 0.6) is 0 Å². The molecule has 2 atom stereocenters. The van der Waals surface area contributed by atoms with Gasteiger partial charge in [-0.15, -0.1) is 0 Å². The predicted octanol–water partition coefficient (Wildman–Crippen LogP) is 3.16. The van der Waals surface area contributed by atoms with Gasteiger partial charge < -0.3 is 37.5 Å². The fourth-order valence-corrected chi connectivity index (χ4v) is 3.64. The van der Waals surface area contributed by atoms with Crippen molar-refractivity contribution in [1.82, 2.24) is 20.9 Å². The predicted molar refractivity (Wildman–Crippen MR) is 197 cm³/mol. The molecule has 50 heavy (non-hydrogen) atoms. The Balaban J connectivity index is 0. The van der Waals surface area contributed by atoms with Crippen molar-refractivity contribution < 1.29 is 33.5 Å². The van der Waals surface area contributed by atoms with Gasteiger partial charge in [0.15, 0.2) is 0 Å². The summed E-state index contributed by atoms with van der Waals surface area (Å²) in [6.07, 6.45) is 4.21. The van der Waals surface area contributed by atoms with E-state index in [1.165, 1.54) is 12.8 Å². The van der Waals surface area contributed by atoms with Gasteiger partial charge in [-0.05, 0) is 54.8 Å². The Bertz CT molecular complexity index is 1170. The van der Waals surface area contributed by atoms with Crippen LogP contribution in [0.25, 0.3) is 0 Å². The zero-order valence-electron chi connectivity index (χ0n) is 31.4. The summed E-state index contributed by atoms with van der Waals surface area (Å²) < 4.78 is 5.05. The summed E-state index contributed by atoms with van der Waals surface area (Å²) in [4.78, 5) is 73.3. The van der Waals surface area contributed by atoms with Crippen molar-refractivity contribution in [1.29, 1.82) is 0 Å². The van der Waals surface area contributed by atoms with Crippen molar-refractivity contribution >= 4 is 41.7 Å². The number of benzene rings is 1. The zero-order valence-corrected chi connectivity index (χ0v) is 31.4. The number of nitrogens with zero attached hydrogens (tertiary/aromatic N) is 1. The number of anilines is 1. The van der Waals surface area contributed by atoms with Crippen molar-refractivity contribution in [2.45, 2.75) is 100 Å². The van der Waals surface area contributed by atoms with E-state index in [4.69, 9.17) is 16.2 Å². The lowest BCUT2D eigenvalue weighted by atomic mass is 9.94. The number of nitrogens with two attached hydrogens (primary N) is 2. The van der Waals surface area contributed by atoms with E-state index in [0.29, 0.717) is 17.9 Å². The highest BCUT2D eigenvalue weighted by molar-refractivity contribution is 5.97. The molecular formula is C36H63N7O7. The molecule has 0 saturated heterocycles. The number of rotatable bonds is 20. The van der Waals surface area contributed by atoms with E-state index in [9.17, 15) is 28.8 Å². The van der Waals surface area contributed by atoms with Crippen molar-refractivity contribution in [3.05, 3.63) is 42.2 Å². The molecule has 0 spiro atoms. The summed E-state index contributed by atoms with van der Waals surface area (Å²) in [6, 6.07) is 5.73. The maximum absolute atomic E-state index is 12.7. The van der Waals surface area contributed by atoms with Gasteiger partial charge in [0.25, 0.3) is 0 Å². The van der Waals surface area contributed by atoms with Gasteiger partial charge in [-0.25, -0.2) is 0 Å². The zero-order chi connectivity index (χ0) is 38.6. The molecule has 0 radical (unpaired) electrons. The van der Waals surface area contributed by atoms with Crippen molar-refractivity contribution in [3.63, 3.8) is 0 Å². The highest BCUT2D eigenvalue weighted by Crippen LogP contribution is 2.15. The molecule has 1 rings (SSSR count). The van der Waals surface area contributed by atoms with Crippen LogP contribution in [-0.2, 0) is 40.1 Å². The van der Waals surface area contributed by atoms with Crippen LogP contribution in [0, 0.1) is 17.8 Å². The quantitative estimate of drug-likeness (QED) is 0.0861. The molecule has 5 amide bonds. The fourth-order valence-electron chi connectivity index (χ4n) is 3.64. The minimum absolute atomic E-state index is 0.0387. The van der Waals surface area contributed by atoms with Crippen molar-refractivity contribution in [3.8, 4) is 0 Å². The van der Waals surface area contributed by atoms with Gasteiger partial charge in [0.05, 0.1) is 12.4 Å². The summed E-state index contributed by atoms with van der Waals surface area (Å²) in [5, 5.41) is 10.6. The number of ether oxygens (including phenoxy) is 1. The first-order valence-corrected chi connectivity index (χ1v) is 17.3. The number of carbonyl (C=O) groups is 6. The summed E-state index contributed by atoms with van der Waals surface area (Å²) in [7, 11) is 0. The number of amides is 5. The van der Waals surface area contributed by atoms with Gasteiger partial charge in [0.2, 0.25) is 30.0 Å². The van der Waals surface area contributed by atoms with E-state index in [1.54, 1.807) is 45.0 Å². The number of unbranched alkanes of at least 4 members (excludes halogenated alkanes) is 1. The Morgan fingerprint density at radius 1 is 0.920 bits per heavy atom. The second kappa shape index (κ2) is 28.4. The second-order valence-electron chi connectivity index (χ2n) is 12.4. The lowest BCUT2D eigenvalue weighted by Crippen LogP contribution is -2.53. The van der Waals surface area contributed by atoms with Crippen LogP contribution in [0.1, 0.15) is 93.1 Å². The van der Waals surface area contributed by atoms with Crippen LogP contribution in [0.4, 0.5) is 5.69 Å². The number of nitrogens with one attached hydrogen (secondary N) is 4. The van der Waals surface area contributed by atoms with E-state index in [0.717, 1.165) is 30.0 Å². The monoisotopic (exact) mass is 705 g/mol. The average molecular weight is 706 g/mol. The highest BCUT2D eigenvalue weighted by Gasteiger charge is 2.27. The maximum atomic E-state index is 12.7. The van der Waals surface area contributed by atoms with E-state index in [2.05, 4.69) is 41.7 Å². The maximum Gasteiger partial charge on any atom is 0.305 e. The summed E-state index contributed by atoms with van der Waals surface area (Å²) in [6.45, 7) is 19.7. The number of hydrogen-bond acceptors (Lipinski definition) is 10.